The summed E-state index contributed by atoms with van der Waals surface area (Å²) in [6.45, 7) is 4.55. The number of ether oxygens (including phenoxy) is 2. The summed E-state index contributed by atoms with van der Waals surface area (Å²) in [6, 6.07) is 20.1. The van der Waals surface area contributed by atoms with E-state index in [-0.39, 0.29) is 0 Å². The van der Waals surface area contributed by atoms with Crippen LogP contribution >= 0.6 is 0 Å². The van der Waals surface area contributed by atoms with Crippen molar-refractivity contribution in [3.8, 4) is 11.5 Å². The van der Waals surface area contributed by atoms with Gasteiger partial charge in [-0.2, -0.15) is 0 Å². The molecule has 0 spiro atoms. The maximum Gasteiger partial charge on any atom is 0.253 e. The van der Waals surface area contributed by atoms with Crippen molar-refractivity contribution in [2.24, 2.45) is 11.8 Å². The lowest BCUT2D eigenvalue weighted by molar-refractivity contribution is -0.136. The molecule has 0 saturated carbocycles. The zero-order valence-corrected chi connectivity index (χ0v) is 27.1. The smallest absolute Gasteiger partial charge is 0.253 e. The SMILES string of the molecule is CCOc1ccc(N2C(=O)[C@@H]3[C@@H](C2=O)N2[C@H](c4cccc(F)c4)[C@@H]4C(=O)N(c5ccc(OCC)cc5)C(=O)[C@@H]4N2[C@@H]3c2cccc(F)c2)cc1. The fraction of sp³-hybridized carbons (Fsp3) is 0.263. The van der Waals surface area contributed by atoms with Crippen molar-refractivity contribution < 1.29 is 37.4 Å². The minimum Gasteiger partial charge on any atom is -0.494 e. The van der Waals surface area contributed by atoms with Crippen LogP contribution in [0.15, 0.2) is 97.1 Å². The van der Waals surface area contributed by atoms with E-state index in [4.69, 9.17) is 9.47 Å². The minimum absolute atomic E-state index is 0.318. The fourth-order valence-electron chi connectivity index (χ4n) is 8.10. The number of fused-ring (bicyclic) bond motifs is 5. The Morgan fingerprint density at radius 3 is 1.24 bits per heavy atom. The van der Waals surface area contributed by atoms with E-state index in [1.165, 1.54) is 36.4 Å². The van der Waals surface area contributed by atoms with Gasteiger partial charge in [0.2, 0.25) is 11.8 Å². The number of carbonyl (C=O) groups is 4. The predicted molar refractivity (Wildman–Crippen MR) is 177 cm³/mol. The molecule has 0 aliphatic carbocycles. The Morgan fingerprint density at radius 1 is 0.520 bits per heavy atom. The molecule has 0 N–H and O–H groups in total. The molecule has 0 bridgehead atoms. The molecule has 0 aromatic heterocycles. The highest BCUT2D eigenvalue weighted by atomic mass is 19.1. The van der Waals surface area contributed by atoms with Crippen LogP contribution in [0.4, 0.5) is 20.2 Å². The first-order chi connectivity index (χ1) is 24.2. The maximum absolute atomic E-state index is 14.9. The van der Waals surface area contributed by atoms with Crippen molar-refractivity contribution in [2.45, 2.75) is 38.0 Å². The van der Waals surface area contributed by atoms with E-state index in [9.17, 15) is 28.0 Å². The van der Waals surface area contributed by atoms with Gasteiger partial charge in [0.25, 0.3) is 11.8 Å². The number of benzene rings is 4. The van der Waals surface area contributed by atoms with Crippen molar-refractivity contribution in [3.05, 3.63) is 120 Å². The molecular formula is C38H32F2N4O6. The Hall–Kier alpha value is -5.46. The van der Waals surface area contributed by atoms with Crippen LogP contribution in [0.3, 0.4) is 0 Å². The van der Waals surface area contributed by atoms with Crippen molar-refractivity contribution in [1.82, 2.24) is 10.0 Å². The Labute approximate surface area is 286 Å². The second kappa shape index (κ2) is 12.1. The zero-order valence-electron chi connectivity index (χ0n) is 27.1. The summed E-state index contributed by atoms with van der Waals surface area (Å²) in [6.07, 6.45) is 0. The summed E-state index contributed by atoms with van der Waals surface area (Å²) >= 11 is 0. The van der Waals surface area contributed by atoms with Crippen molar-refractivity contribution in [1.29, 1.82) is 0 Å². The second-order valence-corrected chi connectivity index (χ2v) is 12.6. The largest absolute Gasteiger partial charge is 0.494 e. The molecule has 4 saturated heterocycles. The van der Waals surface area contributed by atoms with Crippen LogP contribution < -0.4 is 19.3 Å². The third kappa shape index (κ3) is 4.73. The molecule has 4 fully saturated rings. The number of hydrogen-bond acceptors (Lipinski definition) is 8. The average Bonchev–Trinajstić information content (AvgIpc) is 3.77. The topological polar surface area (TPSA) is 99.7 Å². The summed E-state index contributed by atoms with van der Waals surface area (Å²) in [5.74, 6) is -4.41. The Morgan fingerprint density at radius 2 is 0.900 bits per heavy atom. The van der Waals surface area contributed by atoms with E-state index in [2.05, 4.69) is 0 Å². The molecule has 8 rings (SSSR count). The van der Waals surface area contributed by atoms with Gasteiger partial charge < -0.3 is 9.47 Å². The first kappa shape index (κ1) is 31.8. The van der Waals surface area contributed by atoms with Gasteiger partial charge in [0.15, 0.2) is 0 Å². The lowest BCUT2D eigenvalue weighted by Crippen LogP contribution is -2.50. The Bertz CT molecular complexity index is 1880. The van der Waals surface area contributed by atoms with Crippen LogP contribution in [-0.2, 0) is 19.2 Å². The number of hydrazine groups is 1. The van der Waals surface area contributed by atoms with E-state index in [0.717, 1.165) is 9.80 Å². The van der Waals surface area contributed by atoms with E-state index < -0.39 is 71.3 Å². The summed E-state index contributed by atoms with van der Waals surface area (Å²) in [4.78, 5) is 60.3. The standard InChI is InChI=1S/C38H32F2N4O6/c1-3-49-27-15-11-25(12-16-27)41-35(45)29-31(21-7-5-9-23(39)19-21)44-34-30(32(43(44)33(29)37(41)47)22-8-6-10-24(40)20-22)36(46)42(38(34)48)26-13-17-28(18-14-26)50-4-2/h5-20,29-34H,3-4H2,1-2H3/t29-,30-,31+,32+,33-,34+/m0/s1. The van der Waals surface area contributed by atoms with Gasteiger partial charge in [-0.15, -0.1) is 0 Å². The first-order valence-corrected chi connectivity index (χ1v) is 16.5. The van der Waals surface area contributed by atoms with Gasteiger partial charge >= 0.3 is 0 Å². The molecule has 6 atom stereocenters. The molecule has 0 radical (unpaired) electrons. The third-order valence-electron chi connectivity index (χ3n) is 9.92. The molecular weight excluding hydrogens is 646 g/mol. The number of rotatable bonds is 8. The maximum atomic E-state index is 14.9. The van der Waals surface area contributed by atoms with Crippen LogP contribution in [0.5, 0.6) is 11.5 Å². The van der Waals surface area contributed by atoms with E-state index in [0.29, 0.717) is 47.2 Å². The number of nitrogens with zero attached hydrogens (tertiary/aromatic N) is 4. The van der Waals surface area contributed by atoms with Crippen LogP contribution in [0.2, 0.25) is 0 Å². The summed E-state index contributed by atoms with van der Waals surface area (Å²) in [5.41, 5.74) is 1.35. The molecule has 254 valence electrons. The number of carbonyl (C=O) groups excluding carboxylic acids is 4. The summed E-state index contributed by atoms with van der Waals surface area (Å²) in [7, 11) is 0. The fourth-order valence-corrected chi connectivity index (χ4v) is 8.10. The molecule has 4 amide bonds. The van der Waals surface area contributed by atoms with E-state index in [1.807, 2.05) is 13.8 Å². The van der Waals surface area contributed by atoms with Crippen LogP contribution in [0.1, 0.15) is 37.1 Å². The van der Waals surface area contributed by atoms with Gasteiger partial charge in [0, 0.05) is 0 Å². The number of imide groups is 2. The monoisotopic (exact) mass is 678 g/mol. The number of anilines is 2. The van der Waals surface area contributed by atoms with Gasteiger partial charge in [-0.1, -0.05) is 24.3 Å². The van der Waals surface area contributed by atoms with Crippen molar-refractivity contribution in [3.63, 3.8) is 0 Å². The number of halogens is 2. The highest BCUT2D eigenvalue weighted by molar-refractivity contribution is 6.26. The van der Waals surface area contributed by atoms with Crippen molar-refractivity contribution in [2.75, 3.05) is 23.0 Å². The minimum atomic E-state index is -1.18. The Balaban J connectivity index is 1.28. The van der Waals surface area contributed by atoms with Crippen LogP contribution in [0, 0.1) is 23.5 Å². The highest BCUT2D eigenvalue weighted by Gasteiger charge is 2.73. The van der Waals surface area contributed by atoms with Crippen molar-refractivity contribution >= 4 is 35.0 Å². The molecule has 4 aliphatic heterocycles. The molecule has 10 nitrogen and oxygen atoms in total. The Kier molecular flexibility index (Phi) is 7.72. The van der Waals surface area contributed by atoms with Gasteiger partial charge in [-0.25, -0.2) is 28.6 Å². The lowest BCUT2D eigenvalue weighted by Gasteiger charge is -2.35. The molecule has 12 heteroatoms. The van der Waals surface area contributed by atoms with Gasteiger partial charge in [0.1, 0.15) is 35.2 Å². The average molecular weight is 679 g/mol. The lowest BCUT2D eigenvalue weighted by atomic mass is 9.84. The quantitative estimate of drug-likeness (QED) is 0.235. The van der Waals surface area contributed by atoms with E-state index >= 15 is 0 Å². The van der Waals surface area contributed by atoms with E-state index in [1.54, 1.807) is 70.7 Å². The molecule has 4 aromatic rings. The van der Waals surface area contributed by atoms with Gasteiger partial charge in [-0.3, -0.25) is 19.2 Å². The zero-order chi connectivity index (χ0) is 34.8. The van der Waals surface area contributed by atoms with Gasteiger partial charge in [-0.05, 0) is 97.8 Å². The summed E-state index contributed by atoms with van der Waals surface area (Å²) < 4.78 is 40.9. The van der Waals surface area contributed by atoms with Crippen LogP contribution in [-0.4, -0.2) is 58.9 Å². The van der Waals surface area contributed by atoms with Gasteiger partial charge in [0.05, 0.1) is 48.5 Å². The molecule has 50 heavy (non-hydrogen) atoms. The first-order valence-electron chi connectivity index (χ1n) is 16.5. The predicted octanol–water partition coefficient (Wildman–Crippen LogP) is 5.21. The molecule has 4 aromatic carbocycles. The molecule has 4 heterocycles. The second-order valence-electron chi connectivity index (χ2n) is 12.6. The number of amides is 4. The molecule has 4 aliphatic rings. The van der Waals surface area contributed by atoms with Crippen LogP contribution in [0.25, 0.3) is 0 Å². The third-order valence-corrected chi connectivity index (χ3v) is 9.92. The molecule has 0 unspecified atom stereocenters. The normalized spacial score (nSPS) is 26.1. The highest BCUT2D eigenvalue weighted by Crippen LogP contribution is 2.59. The summed E-state index contributed by atoms with van der Waals surface area (Å²) in [5, 5.41) is 3.23. The number of hydrogen-bond donors (Lipinski definition) is 0.